The van der Waals surface area contributed by atoms with Crippen molar-refractivity contribution < 1.29 is 27.1 Å². The molecule has 0 saturated carbocycles. The van der Waals surface area contributed by atoms with Crippen molar-refractivity contribution in [2.45, 2.75) is 35.2 Å². The molecule has 10 heteroatoms. The van der Waals surface area contributed by atoms with Crippen LogP contribution < -0.4 is 11.2 Å². The third kappa shape index (κ3) is 3.16. The van der Waals surface area contributed by atoms with Gasteiger partial charge >= 0.3 is 11.8 Å². The van der Waals surface area contributed by atoms with Gasteiger partial charge in [-0.15, -0.1) is 0 Å². The molecule has 0 saturated heterocycles. The van der Waals surface area contributed by atoms with E-state index in [-0.39, 0.29) is 32.0 Å². The van der Waals surface area contributed by atoms with Crippen LogP contribution >= 0.6 is 11.8 Å². The molecule has 174 valence electrons. The molecule has 1 aliphatic heterocycles. The lowest BCUT2D eigenvalue weighted by Gasteiger charge is -2.21. The first-order chi connectivity index (χ1) is 15.9. The monoisotopic (exact) mass is 489 g/mol. The fourth-order valence-corrected chi connectivity index (χ4v) is 5.07. The Labute approximate surface area is 193 Å². The van der Waals surface area contributed by atoms with Crippen molar-refractivity contribution in [1.82, 2.24) is 4.57 Å². The van der Waals surface area contributed by atoms with Crippen molar-refractivity contribution in [3.8, 4) is 11.4 Å². The Hall–Kier alpha value is -3.53. The lowest BCUT2D eigenvalue weighted by Crippen LogP contribution is -2.24. The molecule has 0 amide bonds. The first kappa shape index (κ1) is 22.3. The standard InChI is InChI=1S/C24H15F4NO4S/c1-23(2)12-9-11(24(26,27)28)7-8-14(12)29-17(23)10-15-18(21(29)31)19(30)20(22(32)33-15)34-16-6-4-3-5-13(16)25/h3-10,30H,1-2H3. The van der Waals surface area contributed by atoms with Crippen molar-refractivity contribution in [3.05, 3.63) is 91.9 Å². The van der Waals surface area contributed by atoms with Gasteiger partial charge in [0.1, 0.15) is 21.7 Å². The molecule has 5 nitrogen and oxygen atoms in total. The summed E-state index contributed by atoms with van der Waals surface area (Å²) in [7, 11) is 0. The number of aromatic hydroxyl groups is 1. The maximum absolute atomic E-state index is 14.1. The zero-order valence-corrected chi connectivity index (χ0v) is 18.5. The van der Waals surface area contributed by atoms with Crippen molar-refractivity contribution >= 4 is 22.7 Å². The van der Waals surface area contributed by atoms with Crippen LogP contribution in [0.4, 0.5) is 17.6 Å². The number of hydrogen-bond donors (Lipinski definition) is 1. The highest BCUT2D eigenvalue weighted by Crippen LogP contribution is 2.45. The fourth-order valence-electron chi connectivity index (χ4n) is 4.21. The second-order valence-electron chi connectivity index (χ2n) is 8.36. The normalized spacial score (nSPS) is 14.3. The number of aromatic nitrogens is 1. The molecule has 1 aliphatic rings. The van der Waals surface area contributed by atoms with Crippen LogP contribution in [-0.2, 0) is 11.6 Å². The summed E-state index contributed by atoms with van der Waals surface area (Å²) in [6.07, 6.45) is -4.57. The third-order valence-electron chi connectivity index (χ3n) is 5.94. The van der Waals surface area contributed by atoms with Gasteiger partial charge in [0.25, 0.3) is 5.56 Å². The average Bonchev–Trinajstić information content (AvgIpc) is 2.98. The van der Waals surface area contributed by atoms with Crippen LogP contribution in [0.1, 0.15) is 30.7 Å². The predicted octanol–water partition coefficient (Wildman–Crippen LogP) is 5.60. The van der Waals surface area contributed by atoms with Gasteiger partial charge in [-0.2, -0.15) is 13.2 Å². The van der Waals surface area contributed by atoms with Gasteiger partial charge in [0.05, 0.1) is 11.3 Å². The topological polar surface area (TPSA) is 72.4 Å². The van der Waals surface area contributed by atoms with E-state index < -0.39 is 39.9 Å². The Morgan fingerprint density at radius 2 is 1.76 bits per heavy atom. The number of fused-ring (bicyclic) bond motifs is 4. The Bertz CT molecular complexity index is 1620. The van der Waals surface area contributed by atoms with Crippen molar-refractivity contribution in [1.29, 1.82) is 0 Å². The smallest absolute Gasteiger partial charge is 0.416 e. The maximum Gasteiger partial charge on any atom is 0.416 e. The zero-order valence-electron chi connectivity index (χ0n) is 17.7. The molecule has 0 spiro atoms. The molecular formula is C24H15F4NO4S. The molecule has 2 aromatic heterocycles. The Kier molecular flexibility index (Phi) is 4.74. The average molecular weight is 489 g/mol. The van der Waals surface area contributed by atoms with E-state index in [0.717, 1.165) is 12.1 Å². The Morgan fingerprint density at radius 3 is 2.44 bits per heavy atom. The molecule has 0 radical (unpaired) electrons. The van der Waals surface area contributed by atoms with Gasteiger partial charge in [0, 0.05) is 22.1 Å². The highest BCUT2D eigenvalue weighted by molar-refractivity contribution is 7.99. The molecule has 0 bridgehead atoms. The molecule has 1 N–H and O–H groups in total. The third-order valence-corrected chi connectivity index (χ3v) is 7.05. The van der Waals surface area contributed by atoms with Gasteiger partial charge in [-0.25, -0.2) is 9.18 Å². The summed E-state index contributed by atoms with van der Waals surface area (Å²) in [6.45, 7) is 3.30. The van der Waals surface area contributed by atoms with Gasteiger partial charge < -0.3 is 9.52 Å². The number of nitrogens with zero attached hydrogens (tertiary/aromatic N) is 1. The summed E-state index contributed by atoms with van der Waals surface area (Å²) in [5.74, 6) is -1.31. The molecule has 3 heterocycles. The van der Waals surface area contributed by atoms with Crippen LogP contribution in [0.15, 0.2) is 72.3 Å². The minimum Gasteiger partial charge on any atom is -0.505 e. The summed E-state index contributed by atoms with van der Waals surface area (Å²) >= 11 is 0.610. The van der Waals surface area contributed by atoms with Crippen LogP contribution in [0, 0.1) is 5.82 Å². The molecule has 0 atom stereocenters. The van der Waals surface area contributed by atoms with Gasteiger partial charge in [0.15, 0.2) is 5.75 Å². The van der Waals surface area contributed by atoms with Crippen LogP contribution in [0.3, 0.4) is 0 Å². The van der Waals surface area contributed by atoms with Crippen molar-refractivity contribution in [2.75, 3.05) is 0 Å². The molecule has 34 heavy (non-hydrogen) atoms. The maximum atomic E-state index is 14.1. The zero-order chi connectivity index (χ0) is 24.6. The number of pyridine rings is 1. The SMILES string of the molecule is CC1(C)c2cc(C(F)(F)F)ccc2-n2c1cc1oc(=O)c(Sc3ccccc3F)c(O)c1c2=O. The lowest BCUT2D eigenvalue weighted by atomic mass is 9.82. The van der Waals surface area contributed by atoms with Crippen molar-refractivity contribution in [2.24, 2.45) is 0 Å². The summed E-state index contributed by atoms with van der Waals surface area (Å²) in [4.78, 5) is 25.8. The number of benzene rings is 2. The molecule has 5 rings (SSSR count). The van der Waals surface area contributed by atoms with Gasteiger partial charge in [-0.1, -0.05) is 37.7 Å². The highest BCUT2D eigenvalue weighted by atomic mass is 32.2. The van der Waals surface area contributed by atoms with E-state index in [1.165, 1.54) is 34.9 Å². The quantitative estimate of drug-likeness (QED) is 0.371. The predicted molar refractivity (Wildman–Crippen MR) is 117 cm³/mol. The van der Waals surface area contributed by atoms with E-state index >= 15 is 0 Å². The first-order valence-corrected chi connectivity index (χ1v) is 10.8. The summed E-state index contributed by atoms with van der Waals surface area (Å²) < 4.78 is 60.5. The minimum atomic E-state index is -4.57. The van der Waals surface area contributed by atoms with E-state index in [2.05, 4.69) is 0 Å². The van der Waals surface area contributed by atoms with E-state index in [4.69, 9.17) is 4.42 Å². The Morgan fingerprint density at radius 1 is 1.06 bits per heavy atom. The van der Waals surface area contributed by atoms with E-state index in [9.17, 15) is 32.3 Å². The molecule has 0 fully saturated rings. The largest absolute Gasteiger partial charge is 0.505 e. The molecular weight excluding hydrogens is 474 g/mol. The van der Waals surface area contributed by atoms with Crippen molar-refractivity contribution in [3.63, 3.8) is 0 Å². The van der Waals surface area contributed by atoms with E-state index in [0.29, 0.717) is 17.5 Å². The second kappa shape index (κ2) is 7.23. The number of halogens is 4. The summed E-state index contributed by atoms with van der Waals surface area (Å²) in [5, 5.41) is 10.5. The number of rotatable bonds is 2. The Balaban J connectivity index is 1.78. The summed E-state index contributed by atoms with van der Waals surface area (Å²) in [5.41, 5.74) is -3.05. The van der Waals surface area contributed by atoms with Gasteiger partial charge in [-0.3, -0.25) is 9.36 Å². The highest BCUT2D eigenvalue weighted by Gasteiger charge is 2.41. The van der Waals surface area contributed by atoms with Gasteiger partial charge in [0.2, 0.25) is 0 Å². The molecule has 0 unspecified atom stereocenters. The number of alkyl halides is 3. The first-order valence-electron chi connectivity index (χ1n) is 10.0. The molecule has 4 aromatic rings. The lowest BCUT2D eigenvalue weighted by molar-refractivity contribution is -0.137. The van der Waals surface area contributed by atoms with Crippen LogP contribution in [-0.4, -0.2) is 9.67 Å². The second-order valence-corrected chi connectivity index (χ2v) is 9.42. The fraction of sp³-hybridized carbons (Fsp3) is 0.167. The summed E-state index contributed by atoms with van der Waals surface area (Å²) in [6, 6.07) is 10.0. The minimum absolute atomic E-state index is 0.0388. The molecule has 0 aliphatic carbocycles. The van der Waals surface area contributed by atoms with Gasteiger partial charge in [-0.05, 0) is 35.9 Å². The molecule has 2 aromatic carbocycles. The van der Waals surface area contributed by atoms with E-state index in [1.54, 1.807) is 19.9 Å². The van der Waals surface area contributed by atoms with E-state index in [1.807, 2.05) is 0 Å². The van der Waals surface area contributed by atoms with Crippen LogP contribution in [0.25, 0.3) is 16.7 Å². The van der Waals surface area contributed by atoms with Crippen LogP contribution in [0.2, 0.25) is 0 Å². The van der Waals surface area contributed by atoms with Crippen LogP contribution in [0.5, 0.6) is 5.75 Å². The number of hydrogen-bond acceptors (Lipinski definition) is 5.